The van der Waals surface area contributed by atoms with E-state index in [1.807, 2.05) is 12.1 Å². The fourth-order valence-corrected chi connectivity index (χ4v) is 2.81. The lowest BCUT2D eigenvalue weighted by Crippen LogP contribution is -2.03. The van der Waals surface area contributed by atoms with Gasteiger partial charge < -0.3 is 0 Å². The van der Waals surface area contributed by atoms with E-state index in [1.54, 1.807) is 0 Å². The van der Waals surface area contributed by atoms with Crippen molar-refractivity contribution >= 4 is 11.6 Å². The Bertz CT molecular complexity index is 676. The van der Waals surface area contributed by atoms with Crippen molar-refractivity contribution in [3.8, 4) is 0 Å². The third-order valence-corrected chi connectivity index (χ3v) is 3.95. The van der Waals surface area contributed by atoms with Crippen molar-refractivity contribution in [3.05, 3.63) is 107 Å². The summed E-state index contributed by atoms with van der Waals surface area (Å²) in [5.74, 6) is 0.250. The highest BCUT2D eigenvalue weighted by Gasteiger charge is 2.17. The van der Waals surface area contributed by atoms with Crippen LogP contribution in [0, 0.1) is 0 Å². The average Bonchev–Trinajstić information content (AvgIpc) is 2.80. The molecular formula is C20H17Cl. The fourth-order valence-electron chi connectivity index (χ4n) is 2.69. The molecule has 0 saturated carbocycles. The standard InChI is InChI=1S/C20H17Cl/c21-19-14-12-18(13-15-19)20(17-10-6-3-7-11-17)16-8-4-1-2-5-9-16/h1-4,6-15,20H,5H2. The van der Waals surface area contributed by atoms with Crippen LogP contribution in [0.15, 0.2) is 90.6 Å². The molecule has 1 aliphatic carbocycles. The number of benzene rings is 2. The number of hydrogen-bond acceptors (Lipinski definition) is 0. The highest BCUT2D eigenvalue weighted by molar-refractivity contribution is 6.30. The van der Waals surface area contributed by atoms with Crippen LogP contribution in [0.3, 0.4) is 0 Å². The van der Waals surface area contributed by atoms with Crippen molar-refractivity contribution in [2.75, 3.05) is 0 Å². The van der Waals surface area contributed by atoms with Crippen molar-refractivity contribution in [1.82, 2.24) is 0 Å². The molecule has 1 aliphatic rings. The molecule has 2 aromatic carbocycles. The minimum absolute atomic E-state index is 0.250. The van der Waals surface area contributed by atoms with Gasteiger partial charge in [0.25, 0.3) is 0 Å². The summed E-state index contributed by atoms with van der Waals surface area (Å²) in [7, 11) is 0. The predicted octanol–water partition coefficient (Wildman–Crippen LogP) is 5.91. The Labute approximate surface area is 131 Å². The Morgan fingerprint density at radius 1 is 0.810 bits per heavy atom. The Balaban J connectivity index is 2.07. The van der Waals surface area contributed by atoms with E-state index in [4.69, 9.17) is 11.6 Å². The van der Waals surface area contributed by atoms with Crippen molar-refractivity contribution in [2.45, 2.75) is 12.3 Å². The van der Waals surface area contributed by atoms with E-state index in [1.165, 1.54) is 16.7 Å². The summed E-state index contributed by atoms with van der Waals surface area (Å²) in [6, 6.07) is 18.8. The first-order valence-electron chi connectivity index (χ1n) is 7.18. The minimum Gasteiger partial charge on any atom is -0.0843 e. The van der Waals surface area contributed by atoms with E-state index in [9.17, 15) is 0 Å². The summed E-state index contributed by atoms with van der Waals surface area (Å²) >= 11 is 6.04. The Morgan fingerprint density at radius 3 is 2.29 bits per heavy atom. The second kappa shape index (κ2) is 6.60. The van der Waals surface area contributed by atoms with Crippen molar-refractivity contribution in [2.24, 2.45) is 0 Å². The summed E-state index contributed by atoms with van der Waals surface area (Å²) < 4.78 is 0. The summed E-state index contributed by atoms with van der Waals surface area (Å²) in [5.41, 5.74) is 3.90. The van der Waals surface area contributed by atoms with Gasteiger partial charge in [0.15, 0.2) is 0 Å². The third kappa shape index (κ3) is 3.34. The Kier molecular flexibility index (Phi) is 4.37. The topological polar surface area (TPSA) is 0 Å². The molecule has 0 fully saturated rings. The van der Waals surface area contributed by atoms with Crippen LogP contribution in [-0.4, -0.2) is 0 Å². The molecule has 0 aliphatic heterocycles. The van der Waals surface area contributed by atoms with Gasteiger partial charge in [-0.25, -0.2) is 0 Å². The Hall–Kier alpha value is -2.05. The van der Waals surface area contributed by atoms with Crippen LogP contribution in [-0.2, 0) is 0 Å². The highest BCUT2D eigenvalue weighted by atomic mass is 35.5. The second-order valence-corrected chi connectivity index (χ2v) is 5.56. The van der Waals surface area contributed by atoms with Crippen LogP contribution in [0.5, 0.6) is 0 Å². The molecule has 0 saturated heterocycles. The van der Waals surface area contributed by atoms with E-state index >= 15 is 0 Å². The maximum Gasteiger partial charge on any atom is 0.0406 e. The van der Waals surface area contributed by atoms with Crippen LogP contribution in [0.1, 0.15) is 23.5 Å². The van der Waals surface area contributed by atoms with E-state index in [0.29, 0.717) is 0 Å². The fraction of sp³-hybridized carbons (Fsp3) is 0.100. The normalized spacial score (nSPS) is 15.4. The van der Waals surface area contributed by atoms with Gasteiger partial charge in [-0.2, -0.15) is 0 Å². The summed E-state index contributed by atoms with van der Waals surface area (Å²) in [6.45, 7) is 0. The zero-order valence-electron chi connectivity index (χ0n) is 11.7. The lowest BCUT2D eigenvalue weighted by molar-refractivity contribution is 0.969. The van der Waals surface area contributed by atoms with E-state index < -0.39 is 0 Å². The maximum absolute atomic E-state index is 6.04. The van der Waals surface area contributed by atoms with Gasteiger partial charge in [0.05, 0.1) is 0 Å². The highest BCUT2D eigenvalue weighted by Crippen LogP contribution is 2.34. The lowest BCUT2D eigenvalue weighted by atomic mass is 9.84. The quantitative estimate of drug-likeness (QED) is 0.659. The molecule has 2 aromatic rings. The molecule has 21 heavy (non-hydrogen) atoms. The first-order chi connectivity index (χ1) is 10.3. The van der Waals surface area contributed by atoms with E-state index in [0.717, 1.165) is 11.4 Å². The van der Waals surface area contributed by atoms with Crippen LogP contribution in [0.2, 0.25) is 5.02 Å². The van der Waals surface area contributed by atoms with Gasteiger partial charge in [-0.3, -0.25) is 0 Å². The molecule has 0 radical (unpaired) electrons. The van der Waals surface area contributed by atoms with Crippen LogP contribution < -0.4 is 0 Å². The number of halogens is 1. The number of allylic oxidation sites excluding steroid dienone is 6. The zero-order chi connectivity index (χ0) is 14.5. The molecule has 0 bridgehead atoms. The molecular weight excluding hydrogens is 276 g/mol. The molecule has 1 unspecified atom stereocenters. The summed E-state index contributed by atoms with van der Waals surface area (Å²) in [6.07, 6.45) is 11.9. The first kappa shape index (κ1) is 13.9. The third-order valence-electron chi connectivity index (χ3n) is 3.70. The lowest BCUT2D eigenvalue weighted by Gasteiger charge is -2.20. The molecule has 0 aromatic heterocycles. The Morgan fingerprint density at radius 2 is 1.52 bits per heavy atom. The molecule has 0 spiro atoms. The zero-order valence-corrected chi connectivity index (χ0v) is 12.5. The van der Waals surface area contributed by atoms with Crippen molar-refractivity contribution < 1.29 is 0 Å². The molecule has 1 heteroatoms. The van der Waals surface area contributed by atoms with Crippen LogP contribution >= 0.6 is 11.6 Å². The minimum atomic E-state index is 0.250. The van der Waals surface area contributed by atoms with Gasteiger partial charge in [0.1, 0.15) is 0 Å². The van der Waals surface area contributed by atoms with Gasteiger partial charge in [0.2, 0.25) is 0 Å². The van der Waals surface area contributed by atoms with Gasteiger partial charge in [0, 0.05) is 10.9 Å². The first-order valence-corrected chi connectivity index (χ1v) is 7.56. The number of rotatable bonds is 3. The molecule has 3 rings (SSSR count). The van der Waals surface area contributed by atoms with Crippen molar-refractivity contribution in [3.63, 3.8) is 0 Å². The molecule has 0 N–H and O–H groups in total. The maximum atomic E-state index is 6.04. The smallest absolute Gasteiger partial charge is 0.0406 e. The molecule has 0 heterocycles. The largest absolute Gasteiger partial charge is 0.0843 e. The summed E-state index contributed by atoms with van der Waals surface area (Å²) in [4.78, 5) is 0. The van der Waals surface area contributed by atoms with Gasteiger partial charge in [-0.1, -0.05) is 84.4 Å². The average molecular weight is 293 g/mol. The molecule has 104 valence electrons. The molecule has 0 nitrogen and oxygen atoms in total. The van der Waals surface area contributed by atoms with Gasteiger partial charge >= 0.3 is 0 Å². The molecule has 1 atom stereocenters. The summed E-state index contributed by atoms with van der Waals surface area (Å²) in [5, 5.41) is 0.776. The predicted molar refractivity (Wildman–Crippen MR) is 90.7 cm³/mol. The monoisotopic (exact) mass is 292 g/mol. The SMILES string of the molecule is Clc1ccc(C(C2=CCC=CC=C2)c2ccccc2)cc1. The second-order valence-electron chi connectivity index (χ2n) is 5.12. The van der Waals surface area contributed by atoms with E-state index in [2.05, 4.69) is 72.8 Å². The van der Waals surface area contributed by atoms with E-state index in [-0.39, 0.29) is 5.92 Å². The van der Waals surface area contributed by atoms with Crippen LogP contribution in [0.25, 0.3) is 0 Å². The number of hydrogen-bond donors (Lipinski definition) is 0. The molecule has 0 amide bonds. The van der Waals surface area contributed by atoms with Crippen molar-refractivity contribution in [1.29, 1.82) is 0 Å². The van der Waals surface area contributed by atoms with Gasteiger partial charge in [-0.15, -0.1) is 0 Å². The van der Waals surface area contributed by atoms with Crippen LogP contribution in [0.4, 0.5) is 0 Å². The van der Waals surface area contributed by atoms with Gasteiger partial charge in [-0.05, 0) is 35.3 Å².